The Labute approximate surface area is 118 Å². The molecule has 0 amide bonds. The molecule has 1 aromatic carbocycles. The Hall–Kier alpha value is -3.10. The molecule has 0 aliphatic rings. The van der Waals surface area contributed by atoms with Crippen LogP contribution < -0.4 is 5.73 Å². The van der Waals surface area contributed by atoms with Crippen LogP contribution in [0.1, 0.15) is 11.4 Å². The van der Waals surface area contributed by atoms with Gasteiger partial charge in [0.05, 0.1) is 0 Å². The molecular weight excluding hydrogens is 276 g/mol. The number of H-pyrrole nitrogens is 2. The zero-order valence-corrected chi connectivity index (χ0v) is 11.0. The number of nitrogens with two attached hydrogens (primary N) is 1. The van der Waals surface area contributed by atoms with E-state index in [0.717, 1.165) is 18.7 Å². The van der Waals surface area contributed by atoms with Gasteiger partial charge in [0.2, 0.25) is 5.95 Å². The number of nitrogens with one attached hydrogen (secondary N) is 2. The molecule has 0 atom stereocenters. The van der Waals surface area contributed by atoms with Crippen molar-refractivity contribution < 1.29 is 10.3 Å². The minimum atomic E-state index is -1.50. The quantitative estimate of drug-likeness (QED) is 0.422. The molecule has 0 aliphatic heterocycles. The van der Waals surface area contributed by atoms with Crippen LogP contribution in [0.4, 0.5) is 5.95 Å². The van der Waals surface area contributed by atoms with E-state index in [1.165, 1.54) is 16.5 Å². The fraction of sp³-hybridized carbons (Fsp3) is 0.167. The molecule has 9 nitrogen and oxygen atoms in total. The average molecular weight is 290 g/mol. The lowest BCUT2D eigenvalue weighted by atomic mass is 10.1. The van der Waals surface area contributed by atoms with Gasteiger partial charge < -0.3 is 15.9 Å². The molecule has 21 heavy (non-hydrogen) atoms. The highest BCUT2D eigenvalue weighted by Crippen LogP contribution is 2.18. The molecule has 0 spiro atoms. The Bertz CT molecular complexity index is 731. The molecular formula is C12H14N6O3. The minimum Gasteiger partial charge on any atom is -0.367 e. The van der Waals surface area contributed by atoms with Gasteiger partial charge in [0, 0.05) is 23.5 Å². The summed E-state index contributed by atoms with van der Waals surface area (Å²) in [5, 5.41) is 21.5. The van der Waals surface area contributed by atoms with Crippen LogP contribution in [0.15, 0.2) is 30.5 Å². The molecule has 9 heteroatoms. The van der Waals surface area contributed by atoms with Crippen LogP contribution in [0.25, 0.3) is 10.9 Å². The van der Waals surface area contributed by atoms with E-state index in [4.69, 9.17) is 21.1 Å². The summed E-state index contributed by atoms with van der Waals surface area (Å²) in [5.41, 5.74) is 7.91. The van der Waals surface area contributed by atoms with Crippen molar-refractivity contribution in [2.24, 2.45) is 0 Å². The number of rotatable bonds is 3. The Kier molecular flexibility index (Phi) is 4.34. The van der Waals surface area contributed by atoms with Gasteiger partial charge in [-0.1, -0.05) is 18.2 Å². The standard InChI is InChI=1S/C12H13N5.HNO3/c13-12-15-11(16-17-12)6-5-8-7-14-10-4-2-1-3-9(8)10;2-1(3)4/h1-4,7,14H,5-6H2,(H3,13,15,16,17);(H,2,3,4). The van der Waals surface area contributed by atoms with Crippen molar-refractivity contribution in [3.63, 3.8) is 0 Å². The molecule has 5 N–H and O–H groups in total. The zero-order valence-electron chi connectivity index (χ0n) is 11.0. The molecule has 2 heterocycles. The number of benzene rings is 1. The van der Waals surface area contributed by atoms with Crippen LogP contribution >= 0.6 is 0 Å². The Morgan fingerprint density at radius 2 is 2.05 bits per heavy atom. The second kappa shape index (κ2) is 6.37. The molecule has 110 valence electrons. The van der Waals surface area contributed by atoms with E-state index < -0.39 is 5.09 Å². The van der Waals surface area contributed by atoms with Crippen LogP contribution in [0.3, 0.4) is 0 Å². The molecule has 0 aliphatic carbocycles. The summed E-state index contributed by atoms with van der Waals surface area (Å²) in [6.45, 7) is 0. The van der Waals surface area contributed by atoms with Crippen LogP contribution in [0.2, 0.25) is 0 Å². The first-order valence-corrected chi connectivity index (χ1v) is 6.11. The van der Waals surface area contributed by atoms with Gasteiger partial charge >= 0.3 is 0 Å². The minimum absolute atomic E-state index is 0.305. The maximum Gasteiger partial charge on any atom is 0.291 e. The number of fused-ring (bicyclic) bond motifs is 1. The van der Waals surface area contributed by atoms with E-state index in [0.29, 0.717) is 5.95 Å². The number of aromatic amines is 2. The van der Waals surface area contributed by atoms with Gasteiger partial charge in [0.15, 0.2) is 0 Å². The molecule has 2 aromatic heterocycles. The van der Waals surface area contributed by atoms with Gasteiger partial charge in [-0.05, 0) is 18.1 Å². The van der Waals surface area contributed by atoms with Crippen molar-refractivity contribution >= 4 is 16.9 Å². The molecule has 0 fully saturated rings. The highest BCUT2D eigenvalue weighted by molar-refractivity contribution is 5.83. The summed E-state index contributed by atoms with van der Waals surface area (Å²) < 4.78 is 0. The maximum absolute atomic E-state index is 8.36. The number of aromatic nitrogens is 4. The second-order valence-corrected chi connectivity index (χ2v) is 4.24. The Morgan fingerprint density at radius 3 is 2.71 bits per heavy atom. The third kappa shape index (κ3) is 3.93. The number of anilines is 1. The smallest absolute Gasteiger partial charge is 0.291 e. The van der Waals surface area contributed by atoms with Crippen molar-refractivity contribution in [1.29, 1.82) is 0 Å². The van der Waals surface area contributed by atoms with E-state index in [1.807, 2.05) is 18.3 Å². The number of nitrogen functional groups attached to an aromatic ring is 1. The third-order valence-corrected chi connectivity index (χ3v) is 2.86. The van der Waals surface area contributed by atoms with E-state index >= 15 is 0 Å². The van der Waals surface area contributed by atoms with Gasteiger partial charge in [-0.15, -0.1) is 15.2 Å². The predicted octanol–water partition coefficient (Wildman–Crippen LogP) is 1.31. The summed E-state index contributed by atoms with van der Waals surface area (Å²) >= 11 is 0. The largest absolute Gasteiger partial charge is 0.367 e. The van der Waals surface area contributed by atoms with Gasteiger partial charge in [-0.2, -0.15) is 4.98 Å². The third-order valence-electron chi connectivity index (χ3n) is 2.86. The fourth-order valence-corrected chi connectivity index (χ4v) is 2.01. The van der Waals surface area contributed by atoms with Crippen LogP contribution in [-0.4, -0.2) is 30.5 Å². The molecule has 0 unspecified atom stereocenters. The van der Waals surface area contributed by atoms with Crippen molar-refractivity contribution in [2.75, 3.05) is 5.73 Å². The zero-order chi connectivity index (χ0) is 15.2. The van der Waals surface area contributed by atoms with Gasteiger partial charge in [0.1, 0.15) is 5.82 Å². The second-order valence-electron chi connectivity index (χ2n) is 4.24. The van der Waals surface area contributed by atoms with Gasteiger partial charge in [-0.25, -0.2) is 0 Å². The monoisotopic (exact) mass is 290 g/mol. The lowest BCUT2D eigenvalue weighted by molar-refractivity contribution is -0.742. The lowest BCUT2D eigenvalue weighted by Crippen LogP contribution is -1.93. The molecule has 3 aromatic rings. The van der Waals surface area contributed by atoms with Crippen molar-refractivity contribution in [1.82, 2.24) is 20.2 Å². The summed E-state index contributed by atoms with van der Waals surface area (Å²) in [6.07, 6.45) is 3.77. The Balaban J connectivity index is 0.000000361. The van der Waals surface area contributed by atoms with Crippen molar-refractivity contribution in [3.05, 3.63) is 52.0 Å². The van der Waals surface area contributed by atoms with Gasteiger partial charge in [0.25, 0.3) is 5.09 Å². The number of nitrogens with zero attached hydrogens (tertiary/aromatic N) is 3. The predicted molar refractivity (Wildman–Crippen MR) is 75.3 cm³/mol. The first-order chi connectivity index (χ1) is 10.1. The SMILES string of the molecule is Nc1n[nH]c(CCc2c[nH]c3ccccc23)n1.O=[N+]([O-])O. The fourth-order valence-electron chi connectivity index (χ4n) is 2.01. The number of hydrogen-bond donors (Lipinski definition) is 4. The maximum atomic E-state index is 8.36. The van der Waals surface area contributed by atoms with Crippen molar-refractivity contribution in [2.45, 2.75) is 12.8 Å². The summed E-state index contributed by atoms with van der Waals surface area (Å²) in [4.78, 5) is 15.7. The molecule has 3 rings (SSSR count). The van der Waals surface area contributed by atoms with Crippen LogP contribution in [0, 0.1) is 10.1 Å². The lowest BCUT2D eigenvalue weighted by Gasteiger charge is -1.96. The van der Waals surface area contributed by atoms with E-state index in [2.05, 4.69) is 32.3 Å². The number of hydrogen-bond acceptors (Lipinski definition) is 5. The average Bonchev–Trinajstić information content (AvgIpc) is 3.02. The van der Waals surface area contributed by atoms with E-state index in [1.54, 1.807) is 0 Å². The number of aryl methyl sites for hydroxylation is 2. The van der Waals surface area contributed by atoms with Gasteiger partial charge in [-0.3, -0.25) is 5.10 Å². The highest BCUT2D eigenvalue weighted by Gasteiger charge is 2.05. The highest BCUT2D eigenvalue weighted by atomic mass is 16.9. The number of para-hydroxylation sites is 1. The molecule has 0 saturated heterocycles. The molecule has 0 bridgehead atoms. The summed E-state index contributed by atoms with van der Waals surface area (Å²) in [7, 11) is 0. The van der Waals surface area contributed by atoms with Crippen LogP contribution in [0.5, 0.6) is 0 Å². The topological polar surface area (TPSA) is 147 Å². The molecule has 0 saturated carbocycles. The normalized spacial score (nSPS) is 10.1. The first kappa shape index (κ1) is 14.3. The van der Waals surface area contributed by atoms with E-state index in [-0.39, 0.29) is 0 Å². The summed E-state index contributed by atoms with van der Waals surface area (Å²) in [6, 6.07) is 8.27. The Morgan fingerprint density at radius 1 is 1.33 bits per heavy atom. The molecule has 0 radical (unpaired) electrons. The first-order valence-electron chi connectivity index (χ1n) is 6.11. The van der Waals surface area contributed by atoms with E-state index in [9.17, 15) is 0 Å². The van der Waals surface area contributed by atoms with Crippen molar-refractivity contribution in [3.8, 4) is 0 Å². The summed E-state index contributed by atoms with van der Waals surface area (Å²) in [5.74, 6) is 1.13. The van der Waals surface area contributed by atoms with Crippen LogP contribution in [-0.2, 0) is 12.8 Å².